The summed E-state index contributed by atoms with van der Waals surface area (Å²) in [5.41, 5.74) is 0.811. The van der Waals surface area contributed by atoms with Crippen molar-refractivity contribution in [3.8, 4) is 17.2 Å². The van der Waals surface area contributed by atoms with Crippen molar-refractivity contribution in [3.05, 3.63) is 41.3 Å². The van der Waals surface area contributed by atoms with E-state index in [0.717, 1.165) is 5.56 Å². The lowest BCUT2D eigenvalue weighted by atomic mass is 10.1. The number of carboxylic acid groups (broad SMARTS) is 1. The fourth-order valence-electron chi connectivity index (χ4n) is 2.81. The van der Waals surface area contributed by atoms with Crippen molar-refractivity contribution in [1.29, 1.82) is 0 Å². The molecule has 156 valence electrons. The van der Waals surface area contributed by atoms with Gasteiger partial charge < -0.3 is 28.5 Å². The van der Waals surface area contributed by atoms with E-state index in [9.17, 15) is 14.7 Å². The predicted molar refractivity (Wildman–Crippen MR) is 104 cm³/mol. The Morgan fingerprint density at radius 2 is 1.90 bits per heavy atom. The molecule has 0 radical (unpaired) electrons. The van der Waals surface area contributed by atoms with Crippen LogP contribution in [0.15, 0.2) is 28.7 Å². The van der Waals surface area contributed by atoms with Gasteiger partial charge in [0.25, 0.3) is 0 Å². The second-order valence-corrected chi connectivity index (χ2v) is 7.21. The third-order valence-electron chi connectivity index (χ3n) is 4.27. The summed E-state index contributed by atoms with van der Waals surface area (Å²) in [6, 6.07) is 6.05. The second-order valence-electron chi connectivity index (χ2n) is 6.07. The van der Waals surface area contributed by atoms with Gasteiger partial charge in [-0.3, -0.25) is 10.1 Å². The fraction of sp³-hybridized carbons (Fsp3) is 0.368. The summed E-state index contributed by atoms with van der Waals surface area (Å²) in [4.78, 5) is 22.7. The van der Waals surface area contributed by atoms with Crippen LogP contribution in [0.2, 0.25) is 0 Å². The third-order valence-corrected chi connectivity index (χ3v) is 5.54. The fourth-order valence-corrected chi connectivity index (χ4v) is 4.02. The zero-order valence-electron chi connectivity index (χ0n) is 16.1. The average molecular weight is 423 g/mol. The molecule has 1 aliphatic rings. The number of esters is 1. The maximum Gasteiger partial charge on any atom is 0.373 e. The number of carbonyl (C=O) groups excluding carboxylic acids is 1. The Labute approximate surface area is 171 Å². The molecule has 1 saturated heterocycles. The Balaban J connectivity index is 1.79. The summed E-state index contributed by atoms with van der Waals surface area (Å²) in [5.74, 6) is 0.742. The molecule has 0 unspecified atom stereocenters. The molecule has 1 aliphatic heterocycles. The molecule has 1 aromatic heterocycles. The van der Waals surface area contributed by atoms with E-state index in [1.165, 1.54) is 39.2 Å². The van der Waals surface area contributed by atoms with Crippen molar-refractivity contribution in [2.24, 2.45) is 0 Å². The van der Waals surface area contributed by atoms with Crippen LogP contribution in [-0.2, 0) is 16.1 Å². The molecule has 2 N–H and O–H groups in total. The van der Waals surface area contributed by atoms with Gasteiger partial charge in [0, 0.05) is 5.75 Å². The van der Waals surface area contributed by atoms with Gasteiger partial charge in [-0.25, -0.2) is 4.79 Å². The summed E-state index contributed by atoms with van der Waals surface area (Å²) < 4.78 is 26.7. The molecular weight excluding hydrogens is 402 g/mol. The van der Waals surface area contributed by atoms with Crippen LogP contribution in [-0.4, -0.2) is 50.2 Å². The topological polar surface area (TPSA) is 116 Å². The molecule has 0 aliphatic carbocycles. The van der Waals surface area contributed by atoms with Crippen molar-refractivity contribution in [3.63, 3.8) is 0 Å². The van der Waals surface area contributed by atoms with Crippen LogP contribution in [0.1, 0.15) is 27.3 Å². The molecule has 2 atom stereocenters. The molecule has 1 aromatic carbocycles. The highest BCUT2D eigenvalue weighted by Gasteiger charge is 2.31. The quantitative estimate of drug-likeness (QED) is 0.613. The molecule has 10 heteroatoms. The highest BCUT2D eigenvalue weighted by molar-refractivity contribution is 7.99. The number of benzene rings is 1. The Morgan fingerprint density at radius 1 is 1.21 bits per heavy atom. The summed E-state index contributed by atoms with van der Waals surface area (Å²) in [7, 11) is 4.28. The Hall–Kier alpha value is -2.85. The van der Waals surface area contributed by atoms with Gasteiger partial charge in [0.15, 0.2) is 11.5 Å². The number of ether oxygens (including phenoxy) is 4. The highest BCUT2D eigenvalue weighted by atomic mass is 32.2. The molecule has 9 nitrogen and oxygen atoms in total. The molecule has 1 fully saturated rings. The van der Waals surface area contributed by atoms with Gasteiger partial charge in [-0.1, -0.05) is 0 Å². The van der Waals surface area contributed by atoms with E-state index >= 15 is 0 Å². The van der Waals surface area contributed by atoms with E-state index in [0.29, 0.717) is 28.8 Å². The number of nitrogens with one attached hydrogen (secondary N) is 1. The van der Waals surface area contributed by atoms with Crippen LogP contribution in [0.4, 0.5) is 0 Å². The van der Waals surface area contributed by atoms with E-state index in [-0.39, 0.29) is 17.7 Å². The van der Waals surface area contributed by atoms with Crippen LogP contribution in [0.5, 0.6) is 17.2 Å². The van der Waals surface area contributed by atoms with Gasteiger partial charge in [0.05, 0.1) is 26.7 Å². The van der Waals surface area contributed by atoms with E-state index in [2.05, 4.69) is 10.1 Å². The number of hydrogen-bond acceptors (Lipinski definition) is 9. The number of thioether (sulfide) groups is 1. The van der Waals surface area contributed by atoms with Crippen LogP contribution < -0.4 is 19.5 Å². The summed E-state index contributed by atoms with van der Waals surface area (Å²) >= 11 is 1.49. The van der Waals surface area contributed by atoms with Gasteiger partial charge in [0.2, 0.25) is 11.5 Å². The number of hydrogen-bond donors (Lipinski definition) is 2. The first-order valence-electron chi connectivity index (χ1n) is 8.63. The molecular formula is C19H21NO8S. The smallest absolute Gasteiger partial charge is 0.373 e. The minimum atomic E-state index is -0.886. The summed E-state index contributed by atoms with van der Waals surface area (Å²) in [6.07, 6.45) is 0. The Bertz CT molecular complexity index is 871. The predicted octanol–water partition coefficient (Wildman–Crippen LogP) is 2.45. The number of rotatable bonds is 8. The van der Waals surface area contributed by atoms with Crippen LogP contribution >= 0.6 is 11.8 Å². The zero-order valence-corrected chi connectivity index (χ0v) is 16.9. The molecule has 2 aromatic rings. The number of carboxylic acids is 1. The molecule has 0 spiro atoms. The van der Waals surface area contributed by atoms with Crippen molar-refractivity contribution in [2.45, 2.75) is 18.0 Å². The highest BCUT2D eigenvalue weighted by Crippen LogP contribution is 2.43. The average Bonchev–Trinajstić information content (AvgIpc) is 3.41. The number of furan rings is 1. The largest absolute Gasteiger partial charge is 0.493 e. The van der Waals surface area contributed by atoms with Crippen LogP contribution in [0.3, 0.4) is 0 Å². The van der Waals surface area contributed by atoms with Gasteiger partial charge in [-0.15, -0.1) is 11.8 Å². The lowest BCUT2D eigenvalue weighted by molar-refractivity contribution is -0.138. The SMILES string of the molecule is COC(=O)c1ccc(COc2c(OC)cc([C@H]3N[C@H](C(=O)O)CS3)cc2OC)o1. The minimum Gasteiger partial charge on any atom is -0.493 e. The monoisotopic (exact) mass is 423 g/mol. The van der Waals surface area contributed by atoms with Crippen molar-refractivity contribution in [2.75, 3.05) is 27.1 Å². The number of carbonyl (C=O) groups is 2. The molecule has 0 bridgehead atoms. The Morgan fingerprint density at radius 3 is 2.45 bits per heavy atom. The van der Waals surface area contributed by atoms with Crippen molar-refractivity contribution < 1.29 is 38.1 Å². The number of aliphatic carboxylic acids is 1. The maximum absolute atomic E-state index is 11.5. The molecule has 2 heterocycles. The normalized spacial score (nSPS) is 18.3. The molecule has 0 saturated carbocycles. The number of methoxy groups -OCH3 is 3. The third kappa shape index (κ3) is 4.60. The molecule has 29 heavy (non-hydrogen) atoms. The van der Waals surface area contributed by atoms with Gasteiger partial charge in [-0.05, 0) is 29.8 Å². The first-order chi connectivity index (χ1) is 14.0. The van der Waals surface area contributed by atoms with Gasteiger partial charge in [0.1, 0.15) is 18.4 Å². The first kappa shape index (κ1) is 20.9. The molecule has 0 amide bonds. The second kappa shape index (κ2) is 9.10. The maximum atomic E-state index is 11.5. The standard InChI is InChI=1S/C19H21NO8S/c1-24-14-6-10(17-20-12(9-29-17)18(21)22)7-15(25-2)16(14)27-8-11-4-5-13(28-11)19(23)26-3/h4-7,12,17,20H,8-9H2,1-3H3,(H,21,22)/t12-,17-/m0/s1. The lowest BCUT2D eigenvalue weighted by Crippen LogP contribution is -2.33. The zero-order chi connectivity index (χ0) is 21.0. The van der Waals surface area contributed by atoms with E-state index < -0.39 is 18.0 Å². The summed E-state index contributed by atoms with van der Waals surface area (Å²) in [5, 5.41) is 12.0. The summed E-state index contributed by atoms with van der Waals surface area (Å²) in [6.45, 7) is 0.0422. The molecule has 3 rings (SSSR count). The lowest BCUT2D eigenvalue weighted by Gasteiger charge is -2.18. The van der Waals surface area contributed by atoms with Crippen LogP contribution in [0, 0.1) is 0 Å². The van der Waals surface area contributed by atoms with Gasteiger partial charge in [-0.2, -0.15) is 0 Å². The van der Waals surface area contributed by atoms with E-state index in [1.807, 2.05) is 0 Å². The van der Waals surface area contributed by atoms with Crippen molar-refractivity contribution in [1.82, 2.24) is 5.32 Å². The van der Waals surface area contributed by atoms with Crippen molar-refractivity contribution >= 4 is 23.7 Å². The van der Waals surface area contributed by atoms with E-state index in [4.69, 9.17) is 18.6 Å². The van der Waals surface area contributed by atoms with Crippen LogP contribution in [0.25, 0.3) is 0 Å². The Kier molecular flexibility index (Phi) is 6.55. The minimum absolute atomic E-state index is 0.0422. The van der Waals surface area contributed by atoms with Gasteiger partial charge >= 0.3 is 11.9 Å². The van der Waals surface area contributed by atoms with E-state index in [1.54, 1.807) is 18.2 Å². The first-order valence-corrected chi connectivity index (χ1v) is 9.68.